The second-order valence-corrected chi connectivity index (χ2v) is 14.2. The van der Waals surface area contributed by atoms with E-state index >= 15 is 0 Å². The zero-order valence-corrected chi connectivity index (χ0v) is 31.2. The lowest BCUT2D eigenvalue weighted by atomic mass is 10.0. The molecule has 0 radical (unpaired) electrons. The van der Waals surface area contributed by atoms with E-state index < -0.39 is 5.97 Å². The molecule has 4 nitrogen and oxygen atoms in total. The third-order valence-electron chi connectivity index (χ3n) is 9.49. The topological polar surface area (TPSA) is 63.6 Å². The number of unbranched alkanes of at least 4 members (excludes halogenated alkanes) is 27. The van der Waals surface area contributed by atoms with Gasteiger partial charge in [0.05, 0.1) is 0 Å². The van der Waals surface area contributed by atoms with Crippen molar-refractivity contribution in [2.75, 3.05) is 0 Å². The number of aliphatic carboxylic acids is 1. The van der Waals surface area contributed by atoms with E-state index in [1.165, 1.54) is 173 Å². The average Bonchev–Trinajstić information content (AvgIpc) is 3.04. The molecule has 0 bridgehead atoms. The SMILES string of the molecule is CCCCCCCC/C=C\CCCCCCCC(=O)OC(CCCCCCCC)CCCCCCCCCCCCCCC(=O)O. The minimum Gasteiger partial charge on any atom is -0.481 e. The van der Waals surface area contributed by atoms with E-state index in [4.69, 9.17) is 9.84 Å². The molecule has 1 N–H and O–H groups in total. The second kappa shape index (κ2) is 38.1. The first kappa shape index (κ1) is 44.7. The first-order valence-corrected chi connectivity index (χ1v) is 20.7. The van der Waals surface area contributed by atoms with E-state index in [1.54, 1.807) is 0 Å². The van der Waals surface area contributed by atoms with Gasteiger partial charge < -0.3 is 9.84 Å². The van der Waals surface area contributed by atoms with Crippen LogP contribution in [0.4, 0.5) is 0 Å². The Kier molecular flexibility index (Phi) is 37.0. The molecule has 0 heterocycles. The first-order chi connectivity index (χ1) is 22.6. The van der Waals surface area contributed by atoms with Crippen molar-refractivity contribution >= 4 is 11.9 Å². The molecule has 0 amide bonds. The average molecular weight is 649 g/mol. The highest BCUT2D eigenvalue weighted by molar-refractivity contribution is 5.69. The molecule has 0 aliphatic heterocycles. The molecule has 0 saturated carbocycles. The Morgan fingerprint density at radius 1 is 0.457 bits per heavy atom. The van der Waals surface area contributed by atoms with Crippen molar-refractivity contribution in [3.63, 3.8) is 0 Å². The van der Waals surface area contributed by atoms with Crippen LogP contribution in [-0.2, 0) is 14.3 Å². The molecule has 0 aliphatic rings. The molecule has 272 valence electrons. The molecule has 0 aromatic heterocycles. The fraction of sp³-hybridized carbons (Fsp3) is 0.905. The third-order valence-corrected chi connectivity index (χ3v) is 9.49. The van der Waals surface area contributed by atoms with Crippen LogP contribution < -0.4 is 0 Å². The number of carbonyl (C=O) groups excluding carboxylic acids is 1. The van der Waals surface area contributed by atoms with E-state index in [1.807, 2.05) is 0 Å². The minimum absolute atomic E-state index is 0.0375. The molecular formula is C42H80O4. The molecule has 0 fully saturated rings. The zero-order valence-electron chi connectivity index (χ0n) is 31.2. The molecule has 0 aromatic rings. The quantitative estimate of drug-likeness (QED) is 0.0411. The molecule has 4 heteroatoms. The highest BCUT2D eigenvalue weighted by Gasteiger charge is 2.14. The van der Waals surface area contributed by atoms with Crippen LogP contribution in [0.25, 0.3) is 0 Å². The number of ether oxygens (including phenoxy) is 1. The Labute approximate surface area is 287 Å². The predicted molar refractivity (Wildman–Crippen MR) is 200 cm³/mol. The molecule has 46 heavy (non-hydrogen) atoms. The summed E-state index contributed by atoms with van der Waals surface area (Å²) in [5, 5.41) is 8.70. The molecule has 1 unspecified atom stereocenters. The summed E-state index contributed by atoms with van der Waals surface area (Å²) in [6.07, 6.45) is 46.8. The van der Waals surface area contributed by atoms with Crippen molar-refractivity contribution in [2.24, 2.45) is 0 Å². The van der Waals surface area contributed by atoms with Crippen LogP contribution in [0.1, 0.15) is 239 Å². The second-order valence-electron chi connectivity index (χ2n) is 14.2. The fourth-order valence-corrected chi connectivity index (χ4v) is 6.42. The van der Waals surface area contributed by atoms with Crippen LogP contribution in [-0.4, -0.2) is 23.1 Å². The summed E-state index contributed by atoms with van der Waals surface area (Å²) < 4.78 is 6.04. The number of rotatable bonds is 38. The lowest BCUT2D eigenvalue weighted by Crippen LogP contribution is -2.18. The van der Waals surface area contributed by atoms with E-state index in [9.17, 15) is 9.59 Å². The lowest BCUT2D eigenvalue weighted by molar-refractivity contribution is -0.150. The number of hydrogen-bond acceptors (Lipinski definition) is 3. The molecule has 0 aromatic carbocycles. The van der Waals surface area contributed by atoms with Crippen molar-refractivity contribution < 1.29 is 19.4 Å². The summed E-state index contributed by atoms with van der Waals surface area (Å²) in [5.41, 5.74) is 0. The summed E-state index contributed by atoms with van der Waals surface area (Å²) in [4.78, 5) is 23.2. The normalized spacial score (nSPS) is 12.2. The third kappa shape index (κ3) is 37.1. The molecule has 0 rings (SSSR count). The number of carboxylic acids is 1. The largest absolute Gasteiger partial charge is 0.481 e. The van der Waals surface area contributed by atoms with Gasteiger partial charge in [0.15, 0.2) is 0 Å². The van der Waals surface area contributed by atoms with Gasteiger partial charge in [-0.15, -0.1) is 0 Å². The van der Waals surface area contributed by atoms with Crippen molar-refractivity contribution in [2.45, 2.75) is 245 Å². The molecule has 0 aliphatic carbocycles. The van der Waals surface area contributed by atoms with E-state index in [0.29, 0.717) is 12.8 Å². The molecule has 0 saturated heterocycles. The van der Waals surface area contributed by atoms with Crippen LogP contribution in [0.15, 0.2) is 12.2 Å². The molecule has 1 atom stereocenters. The Bertz CT molecular complexity index is 658. The number of hydrogen-bond donors (Lipinski definition) is 1. The summed E-state index contributed by atoms with van der Waals surface area (Å²) >= 11 is 0. The Morgan fingerprint density at radius 2 is 0.783 bits per heavy atom. The highest BCUT2D eigenvalue weighted by Crippen LogP contribution is 2.19. The summed E-state index contributed by atoms with van der Waals surface area (Å²) in [7, 11) is 0. The van der Waals surface area contributed by atoms with E-state index in [2.05, 4.69) is 26.0 Å². The van der Waals surface area contributed by atoms with Crippen LogP contribution in [0.3, 0.4) is 0 Å². The van der Waals surface area contributed by atoms with Crippen molar-refractivity contribution in [3.8, 4) is 0 Å². The van der Waals surface area contributed by atoms with Gasteiger partial charge in [0, 0.05) is 12.8 Å². The standard InChI is InChI=1S/C42H80O4/c1-3-5-7-9-11-12-13-14-15-16-21-24-27-31-35-39-42(45)46-40(36-32-28-10-8-6-4-2)37-33-29-25-22-19-17-18-20-23-26-30-34-38-41(43)44/h14-15,40H,3-13,16-39H2,1-2H3,(H,43,44)/b15-14-. The summed E-state index contributed by atoms with van der Waals surface area (Å²) in [5.74, 6) is -0.631. The van der Waals surface area contributed by atoms with E-state index in [-0.39, 0.29) is 12.1 Å². The Morgan fingerprint density at radius 3 is 1.17 bits per heavy atom. The smallest absolute Gasteiger partial charge is 0.306 e. The number of carboxylic acid groups (broad SMARTS) is 1. The Hall–Kier alpha value is -1.32. The van der Waals surface area contributed by atoms with Gasteiger partial charge in [0.2, 0.25) is 0 Å². The number of carbonyl (C=O) groups is 2. The predicted octanol–water partition coefficient (Wildman–Crippen LogP) is 14.2. The minimum atomic E-state index is -0.668. The van der Waals surface area contributed by atoms with Crippen LogP contribution in [0.5, 0.6) is 0 Å². The molecular weight excluding hydrogens is 568 g/mol. The van der Waals surface area contributed by atoms with Crippen molar-refractivity contribution in [1.29, 1.82) is 0 Å². The van der Waals surface area contributed by atoms with Crippen molar-refractivity contribution in [3.05, 3.63) is 12.2 Å². The first-order valence-electron chi connectivity index (χ1n) is 20.7. The van der Waals surface area contributed by atoms with Gasteiger partial charge in [0.25, 0.3) is 0 Å². The molecule has 0 spiro atoms. The van der Waals surface area contributed by atoms with Gasteiger partial charge in [-0.3, -0.25) is 9.59 Å². The summed E-state index contributed by atoms with van der Waals surface area (Å²) in [6.45, 7) is 4.54. The van der Waals surface area contributed by atoms with Gasteiger partial charge in [-0.25, -0.2) is 0 Å². The monoisotopic (exact) mass is 649 g/mol. The number of esters is 1. The van der Waals surface area contributed by atoms with Crippen LogP contribution >= 0.6 is 0 Å². The maximum atomic E-state index is 12.7. The van der Waals surface area contributed by atoms with Gasteiger partial charge in [-0.1, -0.05) is 174 Å². The van der Waals surface area contributed by atoms with Gasteiger partial charge in [0.1, 0.15) is 6.10 Å². The van der Waals surface area contributed by atoms with Crippen molar-refractivity contribution in [1.82, 2.24) is 0 Å². The van der Waals surface area contributed by atoms with Crippen LogP contribution in [0.2, 0.25) is 0 Å². The van der Waals surface area contributed by atoms with E-state index in [0.717, 1.165) is 38.5 Å². The highest BCUT2D eigenvalue weighted by atomic mass is 16.5. The van der Waals surface area contributed by atoms with Gasteiger partial charge >= 0.3 is 11.9 Å². The summed E-state index contributed by atoms with van der Waals surface area (Å²) in [6, 6.07) is 0. The Balaban J connectivity index is 3.92. The number of allylic oxidation sites excluding steroid dienone is 2. The van der Waals surface area contributed by atoms with Gasteiger partial charge in [-0.05, 0) is 64.2 Å². The fourth-order valence-electron chi connectivity index (χ4n) is 6.42. The van der Waals surface area contributed by atoms with Crippen LogP contribution in [0, 0.1) is 0 Å². The lowest BCUT2D eigenvalue weighted by Gasteiger charge is -2.18. The maximum absolute atomic E-state index is 12.7. The van der Waals surface area contributed by atoms with Gasteiger partial charge in [-0.2, -0.15) is 0 Å². The zero-order chi connectivity index (χ0) is 33.6. The maximum Gasteiger partial charge on any atom is 0.306 e.